The third-order valence-electron chi connectivity index (χ3n) is 14.5. The fourth-order valence-corrected chi connectivity index (χ4v) is 11.3. The van der Waals surface area contributed by atoms with E-state index in [9.17, 15) is 24.9 Å². The summed E-state index contributed by atoms with van der Waals surface area (Å²) in [7, 11) is 1.49. The molecule has 3 aromatic rings. The van der Waals surface area contributed by atoms with Crippen molar-refractivity contribution in [3.05, 3.63) is 106 Å². The maximum Gasteiger partial charge on any atom is 0.173 e. The summed E-state index contributed by atoms with van der Waals surface area (Å²) in [5.41, 5.74) is 11.8. The van der Waals surface area contributed by atoms with Gasteiger partial charge in [-0.05, 0) is 127 Å². The number of dihydropyridines is 1. The van der Waals surface area contributed by atoms with E-state index < -0.39 is 46.9 Å². The second kappa shape index (κ2) is 19.5. The number of rotatable bonds is 11. The number of fused-ring (bicyclic) bond motifs is 2. The average molecular weight is 830 g/mol. The van der Waals surface area contributed by atoms with E-state index in [1.165, 1.54) is 12.7 Å². The van der Waals surface area contributed by atoms with Gasteiger partial charge in [-0.3, -0.25) is 9.59 Å². The monoisotopic (exact) mass is 830 g/mol. The van der Waals surface area contributed by atoms with Crippen LogP contribution in [-0.2, 0) is 21.4 Å². The Balaban J connectivity index is 1.36. The fourth-order valence-electron chi connectivity index (χ4n) is 11.3. The first-order valence-corrected chi connectivity index (χ1v) is 22.9. The number of ketones is 2. The molecular formula is C52H67N3O6. The number of ether oxygens (including phenoxy) is 1. The number of aliphatic hydroxyl groups excluding tert-OH is 2. The van der Waals surface area contributed by atoms with Gasteiger partial charge < -0.3 is 36.1 Å². The molecule has 8 unspecified atom stereocenters. The number of H-pyrrole nitrogens is 1. The number of carbonyl (C=O) groups is 2. The van der Waals surface area contributed by atoms with Crippen molar-refractivity contribution in [3.63, 3.8) is 0 Å². The summed E-state index contributed by atoms with van der Waals surface area (Å²) in [6.07, 6.45) is 13.2. The van der Waals surface area contributed by atoms with E-state index in [0.717, 1.165) is 85.7 Å². The molecule has 4 aliphatic rings. The highest BCUT2D eigenvalue weighted by atomic mass is 16.5. The number of hydrogen-bond acceptors (Lipinski definition) is 8. The van der Waals surface area contributed by atoms with E-state index in [1.54, 1.807) is 12.1 Å². The summed E-state index contributed by atoms with van der Waals surface area (Å²) in [6.45, 7) is 7.20. The molecule has 3 aliphatic carbocycles. The third-order valence-corrected chi connectivity index (χ3v) is 14.5. The van der Waals surface area contributed by atoms with E-state index in [0.29, 0.717) is 31.1 Å². The van der Waals surface area contributed by atoms with Crippen LogP contribution in [0.2, 0.25) is 0 Å². The number of carbonyl (C=O) groups excluding carboxylic acids is 2. The van der Waals surface area contributed by atoms with E-state index in [-0.39, 0.29) is 42.1 Å². The highest BCUT2D eigenvalue weighted by Crippen LogP contribution is 2.51. The SMILES string of the molecule is CCCC(C1CC(CC2=CCNC(N)=C2)CC2C#CC(c3ccccc3)c3cc(O)c(OC)cc3CCC(=O)C(O)C(=O)C2C1)C(O)C1(c2cc(C(C)C)c[nH]2)CCCCC1. The zero-order valence-corrected chi connectivity index (χ0v) is 36.6. The minimum Gasteiger partial charge on any atom is -0.504 e. The molecule has 0 radical (unpaired) electrons. The van der Waals surface area contributed by atoms with E-state index in [2.05, 4.69) is 61.3 Å². The van der Waals surface area contributed by atoms with E-state index in [4.69, 9.17) is 10.5 Å². The molecular weight excluding hydrogens is 763 g/mol. The van der Waals surface area contributed by atoms with Crippen molar-refractivity contribution in [3.8, 4) is 23.3 Å². The minimum atomic E-state index is -1.79. The average Bonchev–Trinajstić information content (AvgIpc) is 3.71. The van der Waals surface area contributed by atoms with Gasteiger partial charge in [-0.1, -0.05) is 94.7 Å². The van der Waals surface area contributed by atoms with Crippen molar-refractivity contribution in [1.82, 2.24) is 10.3 Å². The summed E-state index contributed by atoms with van der Waals surface area (Å²) < 4.78 is 5.48. The van der Waals surface area contributed by atoms with Crippen LogP contribution in [0, 0.1) is 41.4 Å². The number of phenolic OH excluding ortho intramolecular Hbond substituents is 1. The second-order valence-corrected chi connectivity index (χ2v) is 18.8. The van der Waals surface area contributed by atoms with Crippen LogP contribution >= 0.6 is 0 Å². The first kappa shape index (κ1) is 44.3. The number of aromatic nitrogens is 1. The first-order valence-electron chi connectivity index (χ1n) is 22.9. The number of phenols is 1. The van der Waals surface area contributed by atoms with Crippen LogP contribution in [0.1, 0.15) is 138 Å². The highest BCUT2D eigenvalue weighted by molar-refractivity contribution is 6.06. The Morgan fingerprint density at radius 3 is 2.46 bits per heavy atom. The molecule has 61 heavy (non-hydrogen) atoms. The molecule has 8 atom stereocenters. The van der Waals surface area contributed by atoms with Crippen LogP contribution in [-0.4, -0.2) is 57.7 Å². The molecule has 9 heteroatoms. The molecule has 1 aliphatic heterocycles. The number of nitrogens with one attached hydrogen (secondary N) is 2. The first-order chi connectivity index (χ1) is 29.4. The predicted octanol–water partition coefficient (Wildman–Crippen LogP) is 8.48. The zero-order valence-electron chi connectivity index (χ0n) is 36.6. The maximum absolute atomic E-state index is 14.9. The van der Waals surface area contributed by atoms with Gasteiger partial charge in [0.25, 0.3) is 0 Å². The van der Waals surface area contributed by atoms with Gasteiger partial charge in [0.15, 0.2) is 29.2 Å². The van der Waals surface area contributed by atoms with Crippen LogP contribution in [0.3, 0.4) is 0 Å². The molecule has 7 N–H and O–H groups in total. The lowest BCUT2D eigenvalue weighted by Crippen LogP contribution is -2.48. The molecule has 326 valence electrons. The van der Waals surface area contributed by atoms with Gasteiger partial charge in [-0.2, -0.15) is 0 Å². The Hall–Kier alpha value is -4.78. The van der Waals surface area contributed by atoms with E-state index in [1.807, 2.05) is 36.4 Å². The van der Waals surface area contributed by atoms with Crippen LogP contribution in [0.25, 0.3) is 0 Å². The normalized spacial score (nSPS) is 26.7. The van der Waals surface area contributed by atoms with Gasteiger partial charge >= 0.3 is 0 Å². The van der Waals surface area contributed by atoms with E-state index >= 15 is 0 Å². The number of Topliss-reactive ketones (excluding diaryl/α,β-unsaturated/α-hetero) is 2. The summed E-state index contributed by atoms with van der Waals surface area (Å²) in [4.78, 5) is 32.5. The summed E-state index contributed by atoms with van der Waals surface area (Å²) in [5, 5.41) is 39.1. The van der Waals surface area contributed by atoms with Crippen LogP contribution in [0.15, 0.2) is 78.3 Å². The third kappa shape index (κ3) is 9.66. The molecule has 0 bridgehead atoms. The number of benzene rings is 2. The van der Waals surface area contributed by atoms with Crippen molar-refractivity contribution < 1.29 is 29.6 Å². The number of aromatic amines is 1. The largest absolute Gasteiger partial charge is 0.504 e. The van der Waals surface area contributed by atoms with Crippen molar-refractivity contribution in [2.45, 2.75) is 134 Å². The second-order valence-electron chi connectivity index (χ2n) is 18.8. The van der Waals surface area contributed by atoms with Crippen molar-refractivity contribution in [1.29, 1.82) is 0 Å². The number of aromatic hydroxyl groups is 1. The molecule has 0 spiro atoms. The number of methoxy groups -OCH3 is 1. The molecule has 0 saturated heterocycles. The summed E-state index contributed by atoms with van der Waals surface area (Å²) in [5.74, 6) is 5.73. The fraction of sp³-hybridized carbons (Fsp3) is 0.538. The Morgan fingerprint density at radius 2 is 1.77 bits per heavy atom. The molecule has 9 nitrogen and oxygen atoms in total. The van der Waals surface area contributed by atoms with Crippen molar-refractivity contribution in [2.24, 2.45) is 35.3 Å². The summed E-state index contributed by atoms with van der Waals surface area (Å²) >= 11 is 0. The number of allylic oxidation sites excluding steroid dienone is 2. The lowest BCUT2D eigenvalue weighted by Gasteiger charge is -2.46. The van der Waals surface area contributed by atoms with Gasteiger partial charge in [0.1, 0.15) is 0 Å². The topological polar surface area (TPSA) is 158 Å². The van der Waals surface area contributed by atoms with Crippen LogP contribution in [0.5, 0.6) is 11.5 Å². The van der Waals surface area contributed by atoms with Gasteiger partial charge in [0.2, 0.25) is 0 Å². The lowest BCUT2D eigenvalue weighted by molar-refractivity contribution is -0.142. The maximum atomic E-state index is 14.9. The Morgan fingerprint density at radius 1 is 1.00 bits per heavy atom. The molecule has 2 heterocycles. The van der Waals surface area contributed by atoms with Crippen LogP contribution < -0.4 is 15.8 Å². The van der Waals surface area contributed by atoms with Crippen LogP contribution in [0.4, 0.5) is 0 Å². The number of aryl methyl sites for hydroxylation is 1. The zero-order chi connectivity index (χ0) is 43.3. The van der Waals surface area contributed by atoms with Gasteiger partial charge in [0.05, 0.1) is 25.0 Å². The Bertz CT molecular complexity index is 2140. The van der Waals surface area contributed by atoms with Gasteiger partial charge in [0, 0.05) is 42.1 Å². The number of aliphatic hydroxyl groups is 2. The number of nitrogens with two attached hydrogens (primary N) is 1. The highest BCUT2D eigenvalue weighted by Gasteiger charge is 2.49. The number of hydrogen-bond donors (Lipinski definition) is 6. The Labute approximate surface area is 362 Å². The minimum absolute atomic E-state index is 0.0218. The van der Waals surface area contributed by atoms with Crippen molar-refractivity contribution >= 4 is 11.6 Å². The molecule has 0 amide bonds. The lowest BCUT2D eigenvalue weighted by atomic mass is 9.61. The molecule has 7 rings (SSSR count). The molecule has 2 saturated carbocycles. The summed E-state index contributed by atoms with van der Waals surface area (Å²) in [6, 6.07) is 15.6. The van der Waals surface area contributed by atoms with Gasteiger partial charge in [-0.15, -0.1) is 0 Å². The molecule has 2 aromatic carbocycles. The van der Waals surface area contributed by atoms with Crippen molar-refractivity contribution in [2.75, 3.05) is 13.7 Å². The Kier molecular flexibility index (Phi) is 14.2. The molecule has 2 fully saturated rings. The molecule has 1 aromatic heterocycles. The standard InChI is InChI=1S/C52H67N3O6/c1-5-12-41(51(60)52(20-10-7-11-21-52)47-29-39(31-55-47)32(2)3)38-25-34(23-33-19-22-54-48(53)26-33)24-36-15-17-40(35-13-8-6-9-14-35)42-30-45(57)46(61-4)28-37(42)16-18-44(56)50(59)49(58)43(36)27-38/h6,8-9,13-14,19,26,28-32,34,36,38,40-41,43,50-51,54-55,57,59-60H,5,7,10-12,16,18,20-25,27,53H2,1-4H3. The van der Waals surface area contributed by atoms with Gasteiger partial charge in [-0.25, -0.2) is 0 Å². The quantitative estimate of drug-likeness (QED) is 0.0830. The smallest absolute Gasteiger partial charge is 0.173 e. The predicted molar refractivity (Wildman–Crippen MR) is 240 cm³/mol.